The molecule has 0 radical (unpaired) electrons. The molecule has 0 aliphatic rings. The molecule has 0 spiro atoms. The summed E-state index contributed by atoms with van der Waals surface area (Å²) in [5.74, 6) is -0.585. The molecule has 1 N–H and O–H groups in total. The number of halogens is 2. The summed E-state index contributed by atoms with van der Waals surface area (Å²) < 4.78 is 25.9. The van der Waals surface area contributed by atoms with Crippen molar-refractivity contribution in [2.75, 3.05) is 0 Å². The largest absolute Gasteiger partial charge is 0.388 e. The average molecular weight is 248 g/mol. The van der Waals surface area contributed by atoms with Crippen LogP contribution in [0.3, 0.4) is 0 Å². The fourth-order valence-corrected chi connectivity index (χ4v) is 1.84. The molecule has 2 aromatic carbocycles. The highest BCUT2D eigenvalue weighted by Gasteiger charge is 2.10. The molecule has 1 nitrogen and oxygen atoms in total. The molecular formula is C15H14F2O. The molecule has 2 aromatic rings. The van der Waals surface area contributed by atoms with Crippen LogP contribution in [-0.2, 0) is 6.42 Å². The van der Waals surface area contributed by atoms with Gasteiger partial charge in [0.05, 0.1) is 6.10 Å². The second-order valence-electron chi connectivity index (χ2n) is 4.36. The highest BCUT2D eigenvalue weighted by atomic mass is 19.1. The van der Waals surface area contributed by atoms with Crippen molar-refractivity contribution in [2.24, 2.45) is 0 Å². The molecule has 0 amide bonds. The van der Waals surface area contributed by atoms with E-state index in [0.29, 0.717) is 17.5 Å². The van der Waals surface area contributed by atoms with E-state index in [1.807, 2.05) is 0 Å². The van der Waals surface area contributed by atoms with Crippen molar-refractivity contribution in [2.45, 2.75) is 19.4 Å². The van der Waals surface area contributed by atoms with Crippen molar-refractivity contribution < 1.29 is 13.9 Å². The van der Waals surface area contributed by atoms with Gasteiger partial charge in [-0.15, -0.1) is 0 Å². The second kappa shape index (κ2) is 5.27. The van der Waals surface area contributed by atoms with Crippen LogP contribution in [0, 0.1) is 18.6 Å². The molecule has 0 aliphatic carbocycles. The van der Waals surface area contributed by atoms with E-state index in [2.05, 4.69) is 0 Å². The van der Waals surface area contributed by atoms with Gasteiger partial charge in [0.2, 0.25) is 0 Å². The predicted molar refractivity (Wildman–Crippen MR) is 66.2 cm³/mol. The number of rotatable bonds is 3. The van der Waals surface area contributed by atoms with E-state index >= 15 is 0 Å². The van der Waals surface area contributed by atoms with E-state index in [1.165, 1.54) is 18.2 Å². The third kappa shape index (κ3) is 2.93. The Kier molecular flexibility index (Phi) is 3.72. The summed E-state index contributed by atoms with van der Waals surface area (Å²) in [6, 6.07) is 10.5. The second-order valence-corrected chi connectivity index (χ2v) is 4.36. The first kappa shape index (κ1) is 12.7. The van der Waals surface area contributed by atoms with Crippen LogP contribution < -0.4 is 0 Å². The van der Waals surface area contributed by atoms with E-state index in [0.717, 1.165) is 5.56 Å². The summed E-state index contributed by atoms with van der Waals surface area (Å²) in [5.41, 5.74) is 2.01. The van der Waals surface area contributed by atoms with Crippen molar-refractivity contribution in [3.8, 4) is 0 Å². The van der Waals surface area contributed by atoms with Crippen LogP contribution in [0.2, 0.25) is 0 Å². The van der Waals surface area contributed by atoms with Gasteiger partial charge in [-0.05, 0) is 41.8 Å². The number of aliphatic hydroxyl groups excluding tert-OH is 1. The summed E-state index contributed by atoms with van der Waals surface area (Å²) in [4.78, 5) is 0. The summed E-state index contributed by atoms with van der Waals surface area (Å²) in [7, 11) is 0. The van der Waals surface area contributed by atoms with Crippen molar-refractivity contribution in [1.82, 2.24) is 0 Å². The van der Waals surface area contributed by atoms with Gasteiger partial charge in [-0.1, -0.05) is 24.3 Å². The van der Waals surface area contributed by atoms with Gasteiger partial charge in [-0.2, -0.15) is 0 Å². The minimum atomic E-state index is -0.713. The first-order valence-corrected chi connectivity index (χ1v) is 5.75. The quantitative estimate of drug-likeness (QED) is 0.880. The average Bonchev–Trinajstić information content (AvgIpc) is 2.35. The van der Waals surface area contributed by atoms with Crippen LogP contribution in [0.5, 0.6) is 0 Å². The van der Waals surface area contributed by atoms with Crippen LogP contribution >= 0.6 is 0 Å². The summed E-state index contributed by atoms with van der Waals surface area (Å²) >= 11 is 0. The van der Waals surface area contributed by atoms with Gasteiger partial charge in [0.25, 0.3) is 0 Å². The van der Waals surface area contributed by atoms with E-state index in [1.54, 1.807) is 31.2 Å². The standard InChI is InChI=1S/C15H14F2O/c1-10-8-12(4-7-14(10)17)15(18)9-11-2-5-13(16)6-3-11/h2-8,15,18H,9H2,1H3. The minimum absolute atomic E-state index is 0.285. The normalized spacial score (nSPS) is 12.4. The Morgan fingerprint density at radius 3 is 2.33 bits per heavy atom. The molecule has 1 atom stereocenters. The lowest BCUT2D eigenvalue weighted by molar-refractivity contribution is 0.178. The lowest BCUT2D eigenvalue weighted by atomic mass is 10.00. The van der Waals surface area contributed by atoms with Gasteiger partial charge in [0, 0.05) is 6.42 Å². The van der Waals surface area contributed by atoms with Gasteiger partial charge >= 0.3 is 0 Å². The highest BCUT2D eigenvalue weighted by molar-refractivity contribution is 5.27. The molecule has 3 heteroatoms. The number of hydrogen-bond acceptors (Lipinski definition) is 1. The summed E-state index contributed by atoms with van der Waals surface area (Å²) in [6.45, 7) is 1.66. The number of hydrogen-bond donors (Lipinski definition) is 1. The Bertz CT molecular complexity index is 535. The van der Waals surface area contributed by atoms with Gasteiger partial charge in [-0.3, -0.25) is 0 Å². The van der Waals surface area contributed by atoms with Gasteiger partial charge < -0.3 is 5.11 Å². The summed E-state index contributed by atoms with van der Waals surface area (Å²) in [6.07, 6.45) is -0.333. The van der Waals surface area contributed by atoms with E-state index in [4.69, 9.17) is 0 Å². The SMILES string of the molecule is Cc1cc(C(O)Cc2ccc(F)cc2)ccc1F. The fraction of sp³-hybridized carbons (Fsp3) is 0.200. The molecule has 0 heterocycles. The molecule has 2 rings (SSSR count). The Morgan fingerprint density at radius 1 is 1.06 bits per heavy atom. The molecule has 0 bridgehead atoms. The monoisotopic (exact) mass is 248 g/mol. The zero-order valence-electron chi connectivity index (χ0n) is 10.0. The third-order valence-electron chi connectivity index (χ3n) is 2.91. The Hall–Kier alpha value is -1.74. The lowest BCUT2D eigenvalue weighted by Crippen LogP contribution is -2.02. The van der Waals surface area contributed by atoms with Crippen LogP contribution in [0.4, 0.5) is 8.78 Å². The zero-order valence-corrected chi connectivity index (χ0v) is 10.0. The molecule has 0 fully saturated rings. The van der Waals surface area contributed by atoms with Crippen LogP contribution in [0.15, 0.2) is 42.5 Å². The molecule has 0 aromatic heterocycles. The topological polar surface area (TPSA) is 20.2 Å². The van der Waals surface area contributed by atoms with Crippen LogP contribution in [0.25, 0.3) is 0 Å². The molecule has 0 saturated heterocycles. The number of benzene rings is 2. The zero-order chi connectivity index (χ0) is 13.1. The molecular weight excluding hydrogens is 234 g/mol. The van der Waals surface area contributed by atoms with Crippen LogP contribution in [-0.4, -0.2) is 5.11 Å². The van der Waals surface area contributed by atoms with Gasteiger partial charge in [-0.25, -0.2) is 8.78 Å². The fourth-order valence-electron chi connectivity index (χ4n) is 1.84. The Labute approximate surface area is 105 Å². The molecule has 0 aliphatic heterocycles. The van der Waals surface area contributed by atoms with E-state index < -0.39 is 6.10 Å². The first-order valence-electron chi connectivity index (χ1n) is 5.75. The van der Waals surface area contributed by atoms with Crippen molar-refractivity contribution >= 4 is 0 Å². The maximum absolute atomic E-state index is 13.1. The number of aryl methyl sites for hydroxylation is 1. The van der Waals surface area contributed by atoms with Crippen molar-refractivity contribution in [3.05, 3.63) is 70.8 Å². The maximum Gasteiger partial charge on any atom is 0.126 e. The molecule has 18 heavy (non-hydrogen) atoms. The Morgan fingerprint density at radius 2 is 1.72 bits per heavy atom. The molecule has 1 unspecified atom stereocenters. The smallest absolute Gasteiger partial charge is 0.126 e. The molecule has 94 valence electrons. The van der Waals surface area contributed by atoms with Gasteiger partial charge in [0.15, 0.2) is 0 Å². The van der Waals surface area contributed by atoms with Crippen molar-refractivity contribution in [1.29, 1.82) is 0 Å². The predicted octanol–water partition coefficient (Wildman–Crippen LogP) is 3.55. The number of aliphatic hydroxyl groups is 1. The van der Waals surface area contributed by atoms with Crippen molar-refractivity contribution in [3.63, 3.8) is 0 Å². The maximum atomic E-state index is 13.1. The minimum Gasteiger partial charge on any atom is -0.388 e. The van der Waals surface area contributed by atoms with E-state index in [-0.39, 0.29) is 11.6 Å². The third-order valence-corrected chi connectivity index (χ3v) is 2.91. The van der Waals surface area contributed by atoms with E-state index in [9.17, 15) is 13.9 Å². The first-order chi connectivity index (χ1) is 8.56. The highest BCUT2D eigenvalue weighted by Crippen LogP contribution is 2.20. The Balaban J connectivity index is 2.13. The molecule has 0 saturated carbocycles. The summed E-state index contributed by atoms with van der Waals surface area (Å²) in [5, 5.41) is 10.0. The van der Waals surface area contributed by atoms with Gasteiger partial charge in [0.1, 0.15) is 11.6 Å². The van der Waals surface area contributed by atoms with Crippen LogP contribution in [0.1, 0.15) is 22.8 Å². The lowest BCUT2D eigenvalue weighted by Gasteiger charge is -2.12.